The second-order valence-corrected chi connectivity index (χ2v) is 7.87. The number of guanidine groups is 1. The van der Waals surface area contributed by atoms with Gasteiger partial charge in [-0.25, -0.2) is 4.98 Å². The minimum atomic E-state index is -4.37. The monoisotopic (exact) mass is 533 g/mol. The molecule has 1 fully saturated rings. The molecule has 0 unspecified atom stereocenters. The van der Waals surface area contributed by atoms with Crippen molar-refractivity contribution in [1.29, 1.82) is 0 Å². The number of rotatable bonds is 8. The molecule has 0 spiro atoms. The van der Waals surface area contributed by atoms with Crippen LogP contribution in [0.5, 0.6) is 0 Å². The predicted molar refractivity (Wildman–Crippen MR) is 120 cm³/mol. The fourth-order valence-corrected chi connectivity index (χ4v) is 4.11. The fourth-order valence-electron chi connectivity index (χ4n) is 3.30. The third kappa shape index (κ3) is 8.81. The zero-order chi connectivity index (χ0) is 19.7. The van der Waals surface area contributed by atoms with Gasteiger partial charge in [0, 0.05) is 38.0 Å². The average Bonchev–Trinajstić information content (AvgIpc) is 3.13. The van der Waals surface area contributed by atoms with Gasteiger partial charge in [0.2, 0.25) is 0 Å². The van der Waals surface area contributed by atoms with Crippen molar-refractivity contribution in [2.75, 3.05) is 33.7 Å². The van der Waals surface area contributed by atoms with E-state index in [2.05, 4.69) is 32.6 Å². The molecule has 0 atom stereocenters. The second-order valence-electron chi connectivity index (χ2n) is 6.93. The molecular weight excluding hydrogens is 502 g/mol. The van der Waals surface area contributed by atoms with E-state index in [0.717, 1.165) is 42.3 Å². The minimum absolute atomic E-state index is 0. The summed E-state index contributed by atoms with van der Waals surface area (Å²) in [7, 11) is 3.89. The molecule has 0 radical (unpaired) electrons. The van der Waals surface area contributed by atoms with Crippen molar-refractivity contribution >= 4 is 41.3 Å². The number of thiazole rings is 1. The Bertz CT molecular complexity index is 588. The first-order valence-corrected chi connectivity index (χ1v) is 10.4. The van der Waals surface area contributed by atoms with Gasteiger partial charge in [-0.3, -0.25) is 4.99 Å². The average molecular weight is 533 g/mol. The van der Waals surface area contributed by atoms with E-state index < -0.39 is 11.9 Å². The van der Waals surface area contributed by atoms with Crippen LogP contribution >= 0.6 is 35.3 Å². The van der Waals surface area contributed by atoms with Crippen LogP contribution in [0.15, 0.2) is 10.4 Å². The van der Waals surface area contributed by atoms with Crippen LogP contribution in [-0.2, 0) is 12.6 Å². The lowest BCUT2D eigenvalue weighted by Crippen LogP contribution is -2.40. The van der Waals surface area contributed by atoms with Gasteiger partial charge < -0.3 is 15.5 Å². The number of halogens is 4. The van der Waals surface area contributed by atoms with Gasteiger partial charge in [0.25, 0.3) is 0 Å². The van der Waals surface area contributed by atoms with Crippen molar-refractivity contribution in [2.24, 2.45) is 4.99 Å². The summed E-state index contributed by atoms with van der Waals surface area (Å²) in [4.78, 5) is 10.2. The molecule has 28 heavy (non-hydrogen) atoms. The SMILES string of the molecule is CN=C(NCCCN(C)C1CCCCC1)NCCc1nc(C(F)(F)F)cs1.I. The quantitative estimate of drug-likeness (QED) is 0.228. The maximum absolute atomic E-state index is 12.6. The summed E-state index contributed by atoms with van der Waals surface area (Å²) in [5.74, 6) is 0.669. The molecule has 1 aliphatic carbocycles. The maximum Gasteiger partial charge on any atom is 0.434 e. The lowest BCUT2D eigenvalue weighted by atomic mass is 9.94. The Hall–Kier alpha value is -0.620. The Morgan fingerprint density at radius 1 is 1.25 bits per heavy atom. The summed E-state index contributed by atoms with van der Waals surface area (Å²) < 4.78 is 37.7. The molecule has 1 aromatic rings. The van der Waals surface area contributed by atoms with Crippen LogP contribution in [0.4, 0.5) is 13.2 Å². The van der Waals surface area contributed by atoms with Gasteiger partial charge in [0.1, 0.15) is 0 Å². The van der Waals surface area contributed by atoms with E-state index in [9.17, 15) is 13.2 Å². The van der Waals surface area contributed by atoms with E-state index in [-0.39, 0.29) is 24.0 Å². The van der Waals surface area contributed by atoms with Crippen LogP contribution < -0.4 is 10.6 Å². The Labute approximate surface area is 186 Å². The first kappa shape index (κ1) is 25.4. The van der Waals surface area contributed by atoms with E-state index in [1.165, 1.54) is 32.1 Å². The van der Waals surface area contributed by atoms with E-state index >= 15 is 0 Å². The molecule has 1 heterocycles. The van der Waals surface area contributed by atoms with Crippen molar-refractivity contribution < 1.29 is 13.2 Å². The third-order valence-electron chi connectivity index (χ3n) is 4.88. The molecule has 0 aliphatic heterocycles. The van der Waals surface area contributed by atoms with Gasteiger partial charge in [0.15, 0.2) is 11.7 Å². The van der Waals surface area contributed by atoms with E-state index in [4.69, 9.17) is 0 Å². The Morgan fingerprint density at radius 2 is 1.93 bits per heavy atom. The smallest absolute Gasteiger partial charge is 0.356 e. The molecule has 1 aliphatic rings. The molecule has 162 valence electrons. The highest BCUT2D eigenvalue weighted by Gasteiger charge is 2.33. The first-order valence-electron chi connectivity index (χ1n) is 9.56. The third-order valence-corrected chi connectivity index (χ3v) is 5.78. The largest absolute Gasteiger partial charge is 0.434 e. The number of hydrogen-bond acceptors (Lipinski definition) is 4. The lowest BCUT2D eigenvalue weighted by Gasteiger charge is -2.31. The Morgan fingerprint density at radius 3 is 2.54 bits per heavy atom. The molecule has 1 saturated carbocycles. The summed E-state index contributed by atoms with van der Waals surface area (Å²) in [6.45, 7) is 2.35. The Balaban J connectivity index is 0.00000392. The van der Waals surface area contributed by atoms with E-state index in [0.29, 0.717) is 23.9 Å². The number of aromatic nitrogens is 1. The molecule has 1 aromatic heterocycles. The summed E-state index contributed by atoms with van der Waals surface area (Å²) in [6.07, 6.45) is 3.75. The van der Waals surface area contributed by atoms with Crippen LogP contribution in [0.1, 0.15) is 49.2 Å². The molecule has 0 saturated heterocycles. The fraction of sp³-hybridized carbons (Fsp3) is 0.778. The normalized spacial score (nSPS) is 16.1. The van der Waals surface area contributed by atoms with Crippen molar-refractivity contribution in [3.8, 4) is 0 Å². The second kappa shape index (κ2) is 12.8. The standard InChI is InChI=1S/C18H30F3N5S.HI/c1-22-17(23-10-6-12-26(2)14-7-4-3-5-8-14)24-11-9-16-25-15(13-27-16)18(19,20)21;/h13-14H,3-12H2,1-2H3,(H2,22,23,24);1H. The molecular formula is C18H31F3IN5S. The number of alkyl halides is 3. The molecule has 2 rings (SSSR count). The molecule has 10 heteroatoms. The van der Waals surface area contributed by atoms with Crippen LogP contribution in [0.25, 0.3) is 0 Å². The Kier molecular flexibility index (Phi) is 11.7. The van der Waals surface area contributed by atoms with E-state index in [1.54, 1.807) is 7.05 Å². The summed E-state index contributed by atoms with van der Waals surface area (Å²) in [5, 5.41) is 7.92. The highest BCUT2D eigenvalue weighted by atomic mass is 127. The van der Waals surface area contributed by atoms with Gasteiger partial charge in [-0.05, 0) is 32.9 Å². The van der Waals surface area contributed by atoms with Crippen LogP contribution in [0.2, 0.25) is 0 Å². The summed E-state index contributed by atoms with van der Waals surface area (Å²) in [5.41, 5.74) is -0.813. The maximum atomic E-state index is 12.6. The zero-order valence-corrected chi connectivity index (χ0v) is 19.7. The number of aliphatic imine (C=N–C) groups is 1. The molecule has 5 nitrogen and oxygen atoms in total. The van der Waals surface area contributed by atoms with Gasteiger partial charge in [-0.1, -0.05) is 19.3 Å². The lowest BCUT2D eigenvalue weighted by molar-refractivity contribution is -0.140. The van der Waals surface area contributed by atoms with Gasteiger partial charge in [-0.15, -0.1) is 35.3 Å². The highest BCUT2D eigenvalue weighted by molar-refractivity contribution is 14.0. The van der Waals surface area contributed by atoms with E-state index in [1.807, 2.05) is 0 Å². The van der Waals surface area contributed by atoms with Crippen LogP contribution in [0.3, 0.4) is 0 Å². The topological polar surface area (TPSA) is 52.6 Å². The molecule has 0 aromatic carbocycles. The van der Waals surface area contributed by atoms with Gasteiger partial charge in [0.05, 0.1) is 5.01 Å². The number of nitrogens with zero attached hydrogens (tertiary/aromatic N) is 3. The van der Waals surface area contributed by atoms with Crippen LogP contribution in [0, 0.1) is 0 Å². The summed E-state index contributed by atoms with van der Waals surface area (Å²) >= 11 is 1.04. The molecule has 2 N–H and O–H groups in total. The van der Waals surface area contributed by atoms with Gasteiger partial charge >= 0.3 is 6.18 Å². The predicted octanol–water partition coefficient (Wildman–Crippen LogP) is 4.14. The highest BCUT2D eigenvalue weighted by Crippen LogP contribution is 2.30. The van der Waals surface area contributed by atoms with Crippen molar-refractivity contribution in [1.82, 2.24) is 20.5 Å². The van der Waals surface area contributed by atoms with Gasteiger partial charge in [-0.2, -0.15) is 13.2 Å². The number of nitrogens with one attached hydrogen (secondary N) is 2. The van der Waals surface area contributed by atoms with Crippen molar-refractivity contribution in [2.45, 2.75) is 57.2 Å². The molecule has 0 amide bonds. The van der Waals surface area contributed by atoms with Crippen LogP contribution in [-0.4, -0.2) is 55.6 Å². The first-order chi connectivity index (χ1) is 12.9. The molecule has 0 bridgehead atoms. The minimum Gasteiger partial charge on any atom is -0.356 e. The van der Waals surface area contributed by atoms with Crippen molar-refractivity contribution in [3.05, 3.63) is 16.1 Å². The van der Waals surface area contributed by atoms with Crippen molar-refractivity contribution in [3.63, 3.8) is 0 Å². The zero-order valence-electron chi connectivity index (χ0n) is 16.5. The summed E-state index contributed by atoms with van der Waals surface area (Å²) in [6, 6.07) is 0.719. The number of hydrogen-bond donors (Lipinski definition) is 2.